The largest absolute Gasteiger partial charge is 0.352 e. The van der Waals surface area contributed by atoms with Crippen molar-refractivity contribution in [1.82, 2.24) is 10.3 Å². The van der Waals surface area contributed by atoms with E-state index in [9.17, 15) is 0 Å². The Balaban J connectivity index is 2.08. The summed E-state index contributed by atoms with van der Waals surface area (Å²) in [6.07, 6.45) is 5.84. The van der Waals surface area contributed by atoms with Crippen LogP contribution in [-0.2, 0) is 0 Å². The van der Waals surface area contributed by atoms with Gasteiger partial charge in [-0.1, -0.05) is 18.0 Å². The van der Waals surface area contributed by atoms with Crippen molar-refractivity contribution >= 4 is 11.6 Å². The molecule has 1 aliphatic rings. The lowest BCUT2D eigenvalue weighted by Crippen LogP contribution is -2.26. The lowest BCUT2D eigenvalue weighted by Gasteiger charge is -2.22. The van der Waals surface area contributed by atoms with Crippen molar-refractivity contribution in [2.24, 2.45) is 0 Å². The highest BCUT2D eigenvalue weighted by molar-refractivity contribution is 6.29. The summed E-state index contributed by atoms with van der Waals surface area (Å²) in [6.45, 7) is 1.13. The smallest absolute Gasteiger partial charge is 0.106 e. The normalized spacial score (nSPS) is 24.2. The molecule has 2 heterocycles. The van der Waals surface area contributed by atoms with Gasteiger partial charge < -0.3 is 10.3 Å². The first-order valence-electron chi connectivity index (χ1n) is 4.43. The first-order chi connectivity index (χ1) is 5.86. The van der Waals surface area contributed by atoms with Crippen LogP contribution in [0.25, 0.3) is 0 Å². The molecular weight excluding hydrogens is 172 g/mol. The Morgan fingerprint density at radius 1 is 1.42 bits per heavy atom. The van der Waals surface area contributed by atoms with Crippen molar-refractivity contribution in [3.8, 4) is 0 Å². The molecule has 1 aromatic rings. The molecule has 1 unspecified atom stereocenters. The Hall–Kier alpha value is -0.470. The molecule has 3 heteroatoms. The predicted octanol–water partition coefficient (Wildman–Crippen LogP) is 2.48. The molecule has 1 saturated heterocycles. The van der Waals surface area contributed by atoms with Crippen LogP contribution >= 0.6 is 11.6 Å². The van der Waals surface area contributed by atoms with Gasteiger partial charge in [-0.25, -0.2) is 0 Å². The van der Waals surface area contributed by atoms with E-state index in [4.69, 9.17) is 11.6 Å². The van der Waals surface area contributed by atoms with Crippen molar-refractivity contribution in [3.63, 3.8) is 0 Å². The highest BCUT2D eigenvalue weighted by atomic mass is 35.5. The maximum absolute atomic E-state index is 5.80. The van der Waals surface area contributed by atoms with E-state index in [1.54, 1.807) is 0 Å². The van der Waals surface area contributed by atoms with E-state index in [-0.39, 0.29) is 0 Å². The maximum Gasteiger partial charge on any atom is 0.106 e. The summed E-state index contributed by atoms with van der Waals surface area (Å²) >= 11 is 5.80. The van der Waals surface area contributed by atoms with Gasteiger partial charge in [0.1, 0.15) is 5.15 Å². The fraction of sp³-hybridized carbons (Fsp3) is 0.556. The summed E-state index contributed by atoms with van der Waals surface area (Å²) in [5.41, 5.74) is 1.29. The number of halogens is 1. The number of hydrogen-bond acceptors (Lipinski definition) is 1. The van der Waals surface area contributed by atoms with Crippen LogP contribution in [0, 0.1) is 0 Å². The zero-order valence-corrected chi connectivity index (χ0v) is 7.69. The maximum atomic E-state index is 5.80. The van der Waals surface area contributed by atoms with Gasteiger partial charge in [-0.05, 0) is 31.0 Å². The highest BCUT2D eigenvalue weighted by Crippen LogP contribution is 2.24. The zero-order valence-electron chi connectivity index (χ0n) is 6.94. The molecule has 0 amide bonds. The summed E-state index contributed by atoms with van der Waals surface area (Å²) in [4.78, 5) is 2.99. The van der Waals surface area contributed by atoms with Crippen molar-refractivity contribution in [3.05, 3.63) is 23.0 Å². The van der Waals surface area contributed by atoms with Crippen molar-refractivity contribution in [1.29, 1.82) is 0 Å². The van der Waals surface area contributed by atoms with E-state index >= 15 is 0 Å². The molecular formula is C9H13ClN2. The molecule has 1 fully saturated rings. The minimum Gasteiger partial charge on any atom is -0.352 e. The van der Waals surface area contributed by atoms with E-state index < -0.39 is 0 Å². The fourth-order valence-electron chi connectivity index (χ4n) is 1.72. The Kier molecular flexibility index (Phi) is 2.38. The molecule has 0 aromatic carbocycles. The summed E-state index contributed by atoms with van der Waals surface area (Å²) in [6, 6.07) is 2.52. The Labute approximate surface area is 77.3 Å². The number of H-pyrrole nitrogens is 1. The van der Waals surface area contributed by atoms with Gasteiger partial charge in [0.25, 0.3) is 0 Å². The summed E-state index contributed by atoms with van der Waals surface area (Å²) in [7, 11) is 0. The Bertz CT molecular complexity index is 251. The molecule has 0 saturated carbocycles. The number of piperidine rings is 1. The van der Waals surface area contributed by atoms with Crippen LogP contribution in [0.3, 0.4) is 0 Å². The molecule has 2 N–H and O–H groups in total. The number of aromatic nitrogens is 1. The summed E-state index contributed by atoms with van der Waals surface area (Å²) in [5.74, 6) is 0. The van der Waals surface area contributed by atoms with Crippen molar-refractivity contribution in [2.45, 2.75) is 25.3 Å². The molecule has 2 nitrogen and oxygen atoms in total. The molecule has 12 heavy (non-hydrogen) atoms. The second kappa shape index (κ2) is 3.50. The molecule has 1 atom stereocenters. The average molecular weight is 185 g/mol. The topological polar surface area (TPSA) is 27.8 Å². The van der Waals surface area contributed by atoms with Crippen LogP contribution in [0.4, 0.5) is 0 Å². The summed E-state index contributed by atoms with van der Waals surface area (Å²) < 4.78 is 0. The SMILES string of the molecule is Clc1cc(C2CCCCN2)c[nH]1. The molecule has 1 aliphatic heterocycles. The van der Waals surface area contributed by atoms with Gasteiger partial charge in [-0.3, -0.25) is 0 Å². The zero-order chi connectivity index (χ0) is 8.39. The van der Waals surface area contributed by atoms with E-state index in [2.05, 4.69) is 10.3 Å². The van der Waals surface area contributed by atoms with Gasteiger partial charge in [0.15, 0.2) is 0 Å². The standard InChI is InChI=1S/C9H13ClN2/c10-9-5-7(6-12-9)8-3-1-2-4-11-8/h5-6,8,11-12H,1-4H2. The van der Waals surface area contributed by atoms with Gasteiger partial charge in [-0.15, -0.1) is 0 Å². The lowest BCUT2D eigenvalue weighted by atomic mass is 10.0. The van der Waals surface area contributed by atoms with Crippen LogP contribution in [0.5, 0.6) is 0 Å². The van der Waals surface area contributed by atoms with Gasteiger partial charge >= 0.3 is 0 Å². The molecule has 0 aliphatic carbocycles. The van der Waals surface area contributed by atoms with Crippen LogP contribution < -0.4 is 5.32 Å². The highest BCUT2D eigenvalue weighted by Gasteiger charge is 2.15. The number of rotatable bonds is 1. The molecule has 0 bridgehead atoms. The quantitative estimate of drug-likeness (QED) is 0.690. The van der Waals surface area contributed by atoms with Crippen molar-refractivity contribution < 1.29 is 0 Å². The van der Waals surface area contributed by atoms with E-state index in [1.807, 2.05) is 12.3 Å². The Morgan fingerprint density at radius 2 is 2.33 bits per heavy atom. The fourth-order valence-corrected chi connectivity index (χ4v) is 1.90. The molecule has 0 spiro atoms. The summed E-state index contributed by atoms with van der Waals surface area (Å²) in [5, 5.41) is 4.20. The third-order valence-electron chi connectivity index (χ3n) is 2.38. The third-order valence-corrected chi connectivity index (χ3v) is 2.60. The van der Waals surface area contributed by atoms with E-state index in [0.717, 1.165) is 11.7 Å². The van der Waals surface area contributed by atoms with Gasteiger partial charge in [0, 0.05) is 12.2 Å². The number of nitrogens with one attached hydrogen (secondary N) is 2. The Morgan fingerprint density at radius 3 is 2.92 bits per heavy atom. The van der Waals surface area contributed by atoms with Crippen molar-refractivity contribution in [2.75, 3.05) is 6.54 Å². The second-order valence-corrected chi connectivity index (χ2v) is 3.69. The molecule has 1 aromatic heterocycles. The first kappa shape index (κ1) is 8.14. The van der Waals surface area contributed by atoms with Gasteiger partial charge in [0.2, 0.25) is 0 Å². The molecule has 0 radical (unpaired) electrons. The monoisotopic (exact) mass is 184 g/mol. The number of hydrogen-bond donors (Lipinski definition) is 2. The van der Waals surface area contributed by atoms with Gasteiger partial charge in [0.05, 0.1) is 0 Å². The molecule has 2 rings (SSSR count). The van der Waals surface area contributed by atoms with Gasteiger partial charge in [-0.2, -0.15) is 0 Å². The minimum absolute atomic E-state index is 0.516. The predicted molar refractivity (Wildman–Crippen MR) is 50.4 cm³/mol. The lowest BCUT2D eigenvalue weighted by molar-refractivity contribution is 0.412. The van der Waals surface area contributed by atoms with E-state index in [1.165, 1.54) is 24.8 Å². The van der Waals surface area contributed by atoms with Crippen LogP contribution in [0.1, 0.15) is 30.9 Å². The van der Waals surface area contributed by atoms with E-state index in [0.29, 0.717) is 6.04 Å². The molecule has 66 valence electrons. The first-order valence-corrected chi connectivity index (χ1v) is 4.81. The average Bonchev–Trinajstić information content (AvgIpc) is 2.54. The van der Waals surface area contributed by atoms with Crippen LogP contribution in [0.2, 0.25) is 5.15 Å². The minimum atomic E-state index is 0.516. The van der Waals surface area contributed by atoms with Crippen LogP contribution in [0.15, 0.2) is 12.3 Å². The second-order valence-electron chi connectivity index (χ2n) is 3.28. The van der Waals surface area contributed by atoms with Crippen LogP contribution in [-0.4, -0.2) is 11.5 Å². The third kappa shape index (κ3) is 1.65. The number of aromatic amines is 1.